The maximum atomic E-state index is 13.8. The molecule has 2 aliphatic rings. The van der Waals surface area contributed by atoms with E-state index in [1.54, 1.807) is 25.1 Å². The molecule has 0 atom stereocenters. The predicted octanol–water partition coefficient (Wildman–Crippen LogP) is 1.88. The molecule has 0 spiro atoms. The Morgan fingerprint density at radius 1 is 1.07 bits per heavy atom. The number of benzene rings is 2. The molecule has 0 bridgehead atoms. The van der Waals surface area contributed by atoms with Crippen LogP contribution in [0.4, 0.5) is 15.8 Å². The number of nitrogens with one attached hydrogen (secondary N) is 1. The van der Waals surface area contributed by atoms with Crippen LogP contribution in [0.15, 0.2) is 36.4 Å². The lowest BCUT2D eigenvalue weighted by atomic mass is 10.1. The Kier molecular flexibility index (Phi) is 4.92. The zero-order valence-electron chi connectivity index (χ0n) is 15.9. The Balaban J connectivity index is 1.34. The molecule has 0 aliphatic carbocycles. The predicted molar refractivity (Wildman–Crippen MR) is 104 cm³/mol. The zero-order chi connectivity index (χ0) is 20.5. The molecular formula is C21H20FN3O4. The Bertz CT molecular complexity index is 999. The third kappa shape index (κ3) is 3.91. The number of fused-ring (bicyclic) bond motifs is 1. The van der Waals surface area contributed by atoms with E-state index >= 15 is 0 Å². The van der Waals surface area contributed by atoms with Crippen LogP contribution in [0.1, 0.15) is 11.1 Å². The first-order valence-electron chi connectivity index (χ1n) is 9.35. The van der Waals surface area contributed by atoms with E-state index in [0.29, 0.717) is 43.2 Å². The van der Waals surface area contributed by atoms with Crippen LogP contribution in [0, 0.1) is 12.7 Å². The molecule has 2 aromatic rings. The van der Waals surface area contributed by atoms with Gasteiger partial charge in [-0.25, -0.2) is 4.39 Å². The monoisotopic (exact) mass is 397 g/mol. The quantitative estimate of drug-likeness (QED) is 0.476. The Labute approximate surface area is 167 Å². The summed E-state index contributed by atoms with van der Waals surface area (Å²) in [6.45, 7) is 3.46. The molecule has 2 heterocycles. The second-order valence-corrected chi connectivity index (χ2v) is 7.14. The number of halogens is 1. The molecule has 2 aliphatic heterocycles. The molecule has 29 heavy (non-hydrogen) atoms. The van der Waals surface area contributed by atoms with Crippen molar-refractivity contribution < 1.29 is 23.5 Å². The van der Waals surface area contributed by atoms with Gasteiger partial charge in [-0.15, -0.1) is 0 Å². The van der Waals surface area contributed by atoms with E-state index in [2.05, 4.69) is 5.32 Å². The van der Waals surface area contributed by atoms with E-state index in [0.717, 1.165) is 11.3 Å². The van der Waals surface area contributed by atoms with Crippen molar-refractivity contribution in [3.8, 4) is 5.75 Å². The first kappa shape index (κ1) is 18.9. The molecule has 7 nitrogen and oxygen atoms in total. The van der Waals surface area contributed by atoms with Crippen molar-refractivity contribution in [3.05, 3.63) is 53.3 Å². The van der Waals surface area contributed by atoms with Gasteiger partial charge in [-0.05, 0) is 30.7 Å². The molecule has 2 aromatic carbocycles. The van der Waals surface area contributed by atoms with Gasteiger partial charge in [-0.2, -0.15) is 0 Å². The van der Waals surface area contributed by atoms with Gasteiger partial charge in [0.2, 0.25) is 0 Å². The highest BCUT2D eigenvalue weighted by atomic mass is 19.1. The van der Waals surface area contributed by atoms with Crippen LogP contribution >= 0.6 is 0 Å². The molecule has 0 radical (unpaired) electrons. The van der Waals surface area contributed by atoms with Crippen molar-refractivity contribution in [1.82, 2.24) is 4.90 Å². The summed E-state index contributed by atoms with van der Waals surface area (Å²) in [4.78, 5) is 39.6. The summed E-state index contributed by atoms with van der Waals surface area (Å²) in [6, 6.07) is 9.93. The number of amides is 2. The van der Waals surface area contributed by atoms with Crippen LogP contribution in [-0.2, 0) is 20.8 Å². The number of hydrogen-bond donors (Lipinski definition) is 1. The van der Waals surface area contributed by atoms with Gasteiger partial charge in [-0.1, -0.05) is 12.1 Å². The van der Waals surface area contributed by atoms with Gasteiger partial charge in [0.15, 0.2) is 0 Å². The average molecular weight is 397 g/mol. The van der Waals surface area contributed by atoms with Crippen molar-refractivity contribution in [1.29, 1.82) is 0 Å². The van der Waals surface area contributed by atoms with Crippen molar-refractivity contribution in [2.45, 2.75) is 13.3 Å². The first-order valence-corrected chi connectivity index (χ1v) is 9.35. The lowest BCUT2D eigenvalue weighted by Gasteiger charge is -2.35. The number of anilines is 2. The number of piperazine rings is 1. The van der Waals surface area contributed by atoms with E-state index in [-0.39, 0.29) is 18.2 Å². The number of carbonyl (C=O) groups is 3. The van der Waals surface area contributed by atoms with Gasteiger partial charge in [0.05, 0.1) is 6.42 Å². The number of carbonyl (C=O) groups excluding carboxylic acids is 3. The number of ether oxygens (including phenoxy) is 1. The van der Waals surface area contributed by atoms with Crippen molar-refractivity contribution >= 4 is 29.2 Å². The van der Waals surface area contributed by atoms with E-state index in [1.807, 2.05) is 11.0 Å². The molecule has 0 unspecified atom stereocenters. The number of hydrogen-bond acceptors (Lipinski definition) is 5. The van der Waals surface area contributed by atoms with Crippen molar-refractivity contribution in [2.75, 3.05) is 36.4 Å². The van der Waals surface area contributed by atoms with Gasteiger partial charge in [0, 0.05) is 49.2 Å². The second-order valence-electron chi connectivity index (χ2n) is 7.14. The summed E-state index contributed by atoms with van der Waals surface area (Å²) in [5, 5.41) is 2.56. The van der Waals surface area contributed by atoms with Crippen LogP contribution in [0.25, 0.3) is 0 Å². The van der Waals surface area contributed by atoms with Gasteiger partial charge >= 0.3 is 17.8 Å². The van der Waals surface area contributed by atoms with Crippen LogP contribution < -0.4 is 15.0 Å². The maximum Gasteiger partial charge on any atom is 0.315 e. The minimum atomic E-state index is -0.746. The second kappa shape index (κ2) is 7.54. The Morgan fingerprint density at radius 2 is 1.83 bits per heavy atom. The third-order valence-electron chi connectivity index (χ3n) is 5.17. The smallest absolute Gasteiger partial charge is 0.315 e. The van der Waals surface area contributed by atoms with Crippen LogP contribution in [0.3, 0.4) is 0 Å². The summed E-state index contributed by atoms with van der Waals surface area (Å²) in [5.74, 6) is -1.58. The highest BCUT2D eigenvalue weighted by Gasteiger charge is 2.27. The topological polar surface area (TPSA) is 79.0 Å². The molecule has 2 amide bonds. The SMILES string of the molecule is Cc1ccc(N2CCN(C(=O)C(=O)Nc3ccc4c(c3)OC(=O)C4)CC2)cc1F. The number of aryl methyl sites for hydroxylation is 1. The van der Waals surface area contributed by atoms with E-state index in [4.69, 9.17) is 4.74 Å². The summed E-state index contributed by atoms with van der Waals surface area (Å²) >= 11 is 0. The molecular weight excluding hydrogens is 377 g/mol. The largest absolute Gasteiger partial charge is 0.426 e. The summed E-state index contributed by atoms with van der Waals surface area (Å²) in [6.07, 6.45) is 0.206. The highest BCUT2D eigenvalue weighted by Crippen LogP contribution is 2.29. The number of rotatable bonds is 2. The minimum absolute atomic E-state index is 0.206. The molecule has 1 fully saturated rings. The van der Waals surface area contributed by atoms with E-state index in [1.165, 1.54) is 17.0 Å². The van der Waals surface area contributed by atoms with Crippen LogP contribution in [0.2, 0.25) is 0 Å². The zero-order valence-corrected chi connectivity index (χ0v) is 15.9. The minimum Gasteiger partial charge on any atom is -0.426 e. The molecule has 4 rings (SSSR count). The van der Waals surface area contributed by atoms with Crippen LogP contribution in [0.5, 0.6) is 5.75 Å². The maximum absolute atomic E-state index is 13.8. The number of nitrogens with zero attached hydrogens (tertiary/aromatic N) is 2. The third-order valence-corrected chi connectivity index (χ3v) is 5.17. The lowest BCUT2D eigenvalue weighted by Crippen LogP contribution is -2.51. The fraction of sp³-hybridized carbons (Fsp3) is 0.286. The van der Waals surface area contributed by atoms with Gasteiger partial charge in [0.1, 0.15) is 11.6 Å². The Hall–Kier alpha value is -3.42. The van der Waals surface area contributed by atoms with Crippen molar-refractivity contribution in [3.63, 3.8) is 0 Å². The number of esters is 1. The first-order chi connectivity index (χ1) is 13.9. The van der Waals surface area contributed by atoms with Gasteiger partial charge in [-0.3, -0.25) is 14.4 Å². The highest BCUT2D eigenvalue weighted by molar-refractivity contribution is 6.39. The molecule has 0 saturated carbocycles. The van der Waals surface area contributed by atoms with E-state index < -0.39 is 11.8 Å². The molecule has 0 aromatic heterocycles. The average Bonchev–Trinajstić information content (AvgIpc) is 3.09. The summed E-state index contributed by atoms with van der Waals surface area (Å²) in [5.41, 5.74) is 2.49. The summed E-state index contributed by atoms with van der Waals surface area (Å²) < 4.78 is 18.8. The van der Waals surface area contributed by atoms with Gasteiger partial charge < -0.3 is 19.9 Å². The lowest BCUT2D eigenvalue weighted by molar-refractivity contribution is -0.143. The molecule has 150 valence electrons. The Morgan fingerprint density at radius 3 is 2.55 bits per heavy atom. The normalized spacial score (nSPS) is 15.7. The molecule has 1 saturated heterocycles. The van der Waals surface area contributed by atoms with Crippen LogP contribution in [-0.4, -0.2) is 48.9 Å². The molecule has 1 N–H and O–H groups in total. The van der Waals surface area contributed by atoms with Crippen molar-refractivity contribution in [2.24, 2.45) is 0 Å². The fourth-order valence-corrected chi connectivity index (χ4v) is 3.46. The summed E-state index contributed by atoms with van der Waals surface area (Å²) in [7, 11) is 0. The molecule has 8 heteroatoms. The fourth-order valence-electron chi connectivity index (χ4n) is 3.46. The van der Waals surface area contributed by atoms with E-state index in [9.17, 15) is 18.8 Å². The van der Waals surface area contributed by atoms with Gasteiger partial charge in [0.25, 0.3) is 0 Å². The standard InChI is InChI=1S/C21H20FN3O4/c1-13-2-5-16(12-17(13)22)24-6-8-25(9-7-24)21(28)20(27)23-15-4-3-14-10-19(26)29-18(14)11-15/h2-5,11-12H,6-10H2,1H3,(H,23,27).